The highest BCUT2D eigenvalue weighted by atomic mass is 35.5. The Balaban J connectivity index is 0.00000456. The second-order valence-electron chi connectivity index (χ2n) is 7.77. The second kappa shape index (κ2) is 12.6. The van der Waals surface area contributed by atoms with Gasteiger partial charge in [-0.1, -0.05) is 23.5 Å². The number of thiazole rings is 1. The van der Waals surface area contributed by atoms with Crippen LogP contribution in [-0.2, 0) is 24.2 Å². The van der Waals surface area contributed by atoms with Crippen LogP contribution >= 0.6 is 23.7 Å². The van der Waals surface area contributed by atoms with E-state index in [0.717, 1.165) is 21.8 Å². The zero-order valence-corrected chi connectivity index (χ0v) is 21.2. The Bertz CT molecular complexity index is 1250. The van der Waals surface area contributed by atoms with Gasteiger partial charge in [0.1, 0.15) is 0 Å². The number of amides is 2. The summed E-state index contributed by atoms with van der Waals surface area (Å²) < 4.78 is 0. The van der Waals surface area contributed by atoms with Gasteiger partial charge in [-0.2, -0.15) is 0 Å². The van der Waals surface area contributed by atoms with Crippen molar-refractivity contribution < 1.29 is 14.5 Å². The first-order valence-corrected chi connectivity index (χ1v) is 11.4. The van der Waals surface area contributed by atoms with Crippen molar-refractivity contribution in [3.63, 3.8) is 0 Å². The van der Waals surface area contributed by atoms with Crippen LogP contribution in [-0.4, -0.2) is 39.6 Å². The molecule has 1 heterocycles. The molecule has 3 rings (SSSR count). The molecule has 11 nitrogen and oxygen atoms in total. The summed E-state index contributed by atoms with van der Waals surface area (Å²) in [6.45, 7) is 1.67. The van der Waals surface area contributed by atoms with Gasteiger partial charge in [0.2, 0.25) is 5.91 Å². The molecule has 0 aliphatic carbocycles. The van der Waals surface area contributed by atoms with Gasteiger partial charge in [0.05, 0.1) is 17.2 Å². The van der Waals surface area contributed by atoms with Crippen LogP contribution in [0.25, 0.3) is 0 Å². The minimum atomic E-state index is -0.515. The summed E-state index contributed by atoms with van der Waals surface area (Å²) in [6, 6.07) is 13.0. The molecule has 13 heteroatoms. The number of nitrogens with two attached hydrogens (primary N) is 1. The zero-order chi connectivity index (χ0) is 25.5. The lowest BCUT2D eigenvalue weighted by Gasteiger charge is -2.17. The highest BCUT2D eigenvalue weighted by Gasteiger charge is 2.19. The van der Waals surface area contributed by atoms with E-state index in [1.54, 1.807) is 7.05 Å². The van der Waals surface area contributed by atoms with E-state index < -0.39 is 4.92 Å². The smallest absolute Gasteiger partial charge is 0.269 e. The summed E-state index contributed by atoms with van der Waals surface area (Å²) in [5, 5.41) is 24.0. The predicted octanol–water partition coefficient (Wildman–Crippen LogP) is 3.79. The molecule has 1 aromatic heterocycles. The Morgan fingerprint density at radius 3 is 2.31 bits per heavy atom. The largest absolute Gasteiger partial charge is 0.370 e. The molecule has 0 fully saturated rings. The Hall–Kier alpha value is -4.03. The minimum Gasteiger partial charge on any atom is -0.370 e. The molecule has 0 aliphatic heterocycles. The number of guanidine groups is 1. The molecule has 0 saturated carbocycles. The Kier molecular flexibility index (Phi) is 9.88. The van der Waals surface area contributed by atoms with Crippen molar-refractivity contribution in [3.8, 4) is 0 Å². The predicted molar refractivity (Wildman–Crippen MR) is 142 cm³/mol. The molecule has 36 heavy (non-hydrogen) atoms. The quantitative estimate of drug-likeness (QED) is 0.141. The summed E-state index contributed by atoms with van der Waals surface area (Å²) in [6.07, 6.45) is 1.26. The van der Waals surface area contributed by atoms with Crippen LogP contribution < -0.4 is 16.4 Å². The molecular formula is C23H26ClN7O4S. The molecule has 190 valence electrons. The van der Waals surface area contributed by atoms with Crippen molar-refractivity contribution in [2.24, 2.45) is 5.73 Å². The van der Waals surface area contributed by atoms with Gasteiger partial charge >= 0.3 is 0 Å². The Morgan fingerprint density at radius 2 is 1.75 bits per heavy atom. The van der Waals surface area contributed by atoms with Crippen LogP contribution in [0.1, 0.15) is 33.4 Å². The third kappa shape index (κ3) is 7.75. The zero-order valence-electron chi connectivity index (χ0n) is 19.6. The van der Waals surface area contributed by atoms with Gasteiger partial charge in [0.25, 0.3) is 11.6 Å². The average Bonchev–Trinajstić information content (AvgIpc) is 3.17. The number of anilines is 2. The lowest BCUT2D eigenvalue weighted by molar-refractivity contribution is -0.384. The molecular weight excluding hydrogens is 506 g/mol. The summed E-state index contributed by atoms with van der Waals surface area (Å²) in [5.41, 5.74) is 8.14. The highest BCUT2D eigenvalue weighted by molar-refractivity contribution is 7.15. The van der Waals surface area contributed by atoms with Crippen LogP contribution in [0.5, 0.6) is 0 Å². The van der Waals surface area contributed by atoms with Gasteiger partial charge in [-0.3, -0.25) is 25.1 Å². The number of halogens is 1. The van der Waals surface area contributed by atoms with Gasteiger partial charge in [-0.25, -0.2) is 4.98 Å². The number of nitrogens with one attached hydrogen (secondary N) is 3. The number of benzene rings is 2. The third-order valence-corrected chi connectivity index (χ3v) is 6.00. The van der Waals surface area contributed by atoms with Crippen molar-refractivity contribution in [3.05, 3.63) is 80.3 Å². The molecule has 2 amide bonds. The molecule has 2 aromatic carbocycles. The number of carbonyl (C=O) groups is 2. The average molecular weight is 532 g/mol. The number of nitro benzene ring substituents is 1. The van der Waals surface area contributed by atoms with Gasteiger partial charge in [-0.05, 0) is 42.7 Å². The number of aromatic nitrogens is 1. The van der Waals surface area contributed by atoms with E-state index in [1.165, 1.54) is 47.4 Å². The lowest BCUT2D eigenvalue weighted by Crippen LogP contribution is -2.26. The van der Waals surface area contributed by atoms with Gasteiger partial charge < -0.3 is 21.3 Å². The summed E-state index contributed by atoms with van der Waals surface area (Å²) in [5.74, 6) is -0.655. The van der Waals surface area contributed by atoms with Crippen molar-refractivity contribution in [1.29, 1.82) is 5.41 Å². The Labute approximate surface area is 217 Å². The number of carbonyl (C=O) groups excluding carboxylic acids is 2. The fraction of sp³-hybridized carbons (Fsp3) is 0.217. The van der Waals surface area contributed by atoms with Crippen LogP contribution in [0.15, 0.2) is 48.5 Å². The first kappa shape index (κ1) is 28.2. The summed E-state index contributed by atoms with van der Waals surface area (Å²) >= 11 is 1.31. The van der Waals surface area contributed by atoms with E-state index in [1.807, 2.05) is 24.3 Å². The topological polar surface area (TPSA) is 167 Å². The van der Waals surface area contributed by atoms with E-state index in [0.29, 0.717) is 23.5 Å². The normalized spacial score (nSPS) is 10.2. The molecule has 5 N–H and O–H groups in total. The first-order valence-electron chi connectivity index (χ1n) is 10.6. The molecule has 0 spiro atoms. The number of non-ortho nitro benzene ring substituents is 1. The van der Waals surface area contributed by atoms with Gasteiger partial charge in [0.15, 0.2) is 11.1 Å². The van der Waals surface area contributed by atoms with E-state index in [4.69, 9.17) is 11.1 Å². The van der Waals surface area contributed by atoms with Crippen LogP contribution in [0.3, 0.4) is 0 Å². The number of hydrogen-bond acceptors (Lipinski definition) is 7. The van der Waals surface area contributed by atoms with E-state index in [9.17, 15) is 19.7 Å². The SMILES string of the molecule is CC(=O)Nc1nc(CCc2ccc(NC(=N)N)cc2)c(CN(C)C(=O)c2ccc([N+](=O)[O-])cc2)s1.Cl. The lowest BCUT2D eigenvalue weighted by atomic mass is 10.1. The maximum absolute atomic E-state index is 12.9. The molecule has 0 radical (unpaired) electrons. The summed E-state index contributed by atoms with van der Waals surface area (Å²) in [4.78, 5) is 41.6. The summed E-state index contributed by atoms with van der Waals surface area (Å²) in [7, 11) is 1.64. The van der Waals surface area contributed by atoms with Crippen LogP contribution in [0, 0.1) is 15.5 Å². The number of nitro groups is 1. The number of rotatable bonds is 9. The maximum Gasteiger partial charge on any atom is 0.269 e. The van der Waals surface area contributed by atoms with E-state index >= 15 is 0 Å². The fourth-order valence-corrected chi connectivity index (χ4v) is 4.42. The van der Waals surface area contributed by atoms with Crippen molar-refractivity contribution in [2.75, 3.05) is 17.7 Å². The highest BCUT2D eigenvalue weighted by Crippen LogP contribution is 2.26. The standard InChI is InChI=1S/C23H25N7O4S.ClH/c1-14(31)26-23-28-19(12-5-15-3-8-17(9-4-15)27-22(24)25)20(35-23)13-29(2)21(32)16-6-10-18(11-7-16)30(33)34;/h3-4,6-11H,5,12-13H2,1-2H3,(H4,24,25,27)(H,26,28,31);1H. The Morgan fingerprint density at radius 1 is 1.11 bits per heavy atom. The van der Waals surface area contributed by atoms with Gasteiger partial charge in [0, 0.05) is 42.2 Å². The first-order chi connectivity index (χ1) is 16.6. The van der Waals surface area contributed by atoms with Crippen LogP contribution in [0.2, 0.25) is 0 Å². The second-order valence-corrected chi connectivity index (χ2v) is 8.85. The maximum atomic E-state index is 12.9. The third-order valence-electron chi connectivity index (χ3n) is 5.00. The minimum absolute atomic E-state index is 0. The fourth-order valence-electron chi connectivity index (χ4n) is 3.31. The number of aryl methyl sites for hydroxylation is 2. The number of nitrogens with zero attached hydrogens (tertiary/aromatic N) is 3. The van der Waals surface area contributed by atoms with Crippen molar-refractivity contribution in [2.45, 2.75) is 26.3 Å². The van der Waals surface area contributed by atoms with Gasteiger partial charge in [-0.15, -0.1) is 12.4 Å². The molecule has 0 bridgehead atoms. The van der Waals surface area contributed by atoms with Crippen molar-refractivity contribution in [1.82, 2.24) is 9.88 Å². The molecule has 0 atom stereocenters. The van der Waals surface area contributed by atoms with E-state index in [-0.39, 0.29) is 42.4 Å². The van der Waals surface area contributed by atoms with E-state index in [2.05, 4.69) is 15.6 Å². The number of hydrogen-bond donors (Lipinski definition) is 4. The molecule has 0 saturated heterocycles. The van der Waals surface area contributed by atoms with Crippen molar-refractivity contribution >= 4 is 58.0 Å². The molecule has 0 aliphatic rings. The molecule has 0 unspecified atom stereocenters. The van der Waals surface area contributed by atoms with Crippen LogP contribution in [0.4, 0.5) is 16.5 Å². The molecule has 3 aromatic rings. The monoisotopic (exact) mass is 531 g/mol.